The van der Waals surface area contributed by atoms with Crippen molar-refractivity contribution in [3.8, 4) is 0 Å². The zero-order valence-corrected chi connectivity index (χ0v) is 11.3. The number of nitrogens with zero attached hydrogens (tertiary/aromatic N) is 2. The smallest absolute Gasteiger partial charge is 0.128 e. The lowest BCUT2D eigenvalue weighted by atomic mass is 9.87. The lowest BCUT2D eigenvalue weighted by Crippen LogP contribution is -2.28. The Balaban J connectivity index is 1.70. The van der Waals surface area contributed by atoms with Gasteiger partial charge in [-0.1, -0.05) is 20.8 Å². The van der Waals surface area contributed by atoms with E-state index in [2.05, 4.69) is 49.7 Å². The van der Waals surface area contributed by atoms with Crippen molar-refractivity contribution in [1.29, 1.82) is 0 Å². The summed E-state index contributed by atoms with van der Waals surface area (Å²) < 4.78 is 0. The van der Waals surface area contributed by atoms with Gasteiger partial charge >= 0.3 is 0 Å². The van der Waals surface area contributed by atoms with Crippen LogP contribution in [0.15, 0.2) is 18.3 Å². The van der Waals surface area contributed by atoms with Gasteiger partial charge in [0.25, 0.3) is 0 Å². The number of aryl methyl sites for hydroxylation is 1. The Bertz CT molecular complexity index is 421. The monoisotopic (exact) mass is 230 g/mol. The molecule has 17 heavy (non-hydrogen) atoms. The molecule has 0 aromatic carbocycles. The summed E-state index contributed by atoms with van der Waals surface area (Å²) in [5.41, 5.74) is 1.80. The minimum atomic E-state index is 0.488. The topological polar surface area (TPSA) is 16.1 Å². The van der Waals surface area contributed by atoms with Gasteiger partial charge in [-0.25, -0.2) is 4.98 Å². The molecule has 2 heterocycles. The van der Waals surface area contributed by atoms with Gasteiger partial charge in [0.15, 0.2) is 0 Å². The Morgan fingerprint density at radius 2 is 1.88 bits per heavy atom. The van der Waals surface area contributed by atoms with Gasteiger partial charge in [0.2, 0.25) is 0 Å². The van der Waals surface area contributed by atoms with Crippen LogP contribution in [0, 0.1) is 30.1 Å². The van der Waals surface area contributed by atoms with Crippen molar-refractivity contribution in [2.24, 2.45) is 23.2 Å². The third-order valence-electron chi connectivity index (χ3n) is 4.42. The average Bonchev–Trinajstić information content (AvgIpc) is 2.77. The van der Waals surface area contributed by atoms with Crippen molar-refractivity contribution < 1.29 is 0 Å². The van der Waals surface area contributed by atoms with Crippen molar-refractivity contribution in [1.82, 2.24) is 4.98 Å². The molecule has 1 aliphatic carbocycles. The van der Waals surface area contributed by atoms with Gasteiger partial charge in [0.05, 0.1) is 0 Å². The van der Waals surface area contributed by atoms with Crippen molar-refractivity contribution in [2.45, 2.75) is 27.7 Å². The number of fused-ring (bicyclic) bond motifs is 1. The molecule has 2 unspecified atom stereocenters. The van der Waals surface area contributed by atoms with Gasteiger partial charge in [0, 0.05) is 19.3 Å². The zero-order chi connectivity index (χ0) is 12.2. The summed E-state index contributed by atoms with van der Waals surface area (Å²) in [6, 6.07) is 4.27. The molecule has 2 atom stereocenters. The summed E-state index contributed by atoms with van der Waals surface area (Å²) in [5, 5.41) is 0. The molecule has 0 amide bonds. The van der Waals surface area contributed by atoms with Gasteiger partial charge in [-0.3, -0.25) is 0 Å². The highest BCUT2D eigenvalue weighted by molar-refractivity contribution is 5.44. The highest BCUT2D eigenvalue weighted by atomic mass is 15.2. The second-order valence-corrected chi connectivity index (χ2v) is 6.82. The molecule has 1 aromatic rings. The fourth-order valence-electron chi connectivity index (χ4n) is 3.69. The average molecular weight is 230 g/mol. The summed E-state index contributed by atoms with van der Waals surface area (Å²) in [6.07, 6.45) is 1.93. The van der Waals surface area contributed by atoms with Crippen LogP contribution in [0.5, 0.6) is 0 Å². The summed E-state index contributed by atoms with van der Waals surface area (Å²) in [7, 11) is 0. The Kier molecular flexibility index (Phi) is 2.26. The second-order valence-electron chi connectivity index (χ2n) is 6.82. The van der Waals surface area contributed by atoms with Crippen LogP contribution in [0.25, 0.3) is 0 Å². The van der Waals surface area contributed by atoms with Crippen LogP contribution < -0.4 is 4.90 Å². The molecular weight excluding hydrogens is 208 g/mol. The van der Waals surface area contributed by atoms with Crippen LogP contribution in [-0.2, 0) is 0 Å². The molecule has 2 nitrogen and oxygen atoms in total. The molecule has 2 aliphatic rings. The summed E-state index contributed by atoms with van der Waals surface area (Å²) in [6.45, 7) is 11.7. The van der Waals surface area contributed by atoms with Crippen molar-refractivity contribution in [3.05, 3.63) is 23.9 Å². The Hall–Kier alpha value is -1.05. The number of hydrogen-bond donors (Lipinski definition) is 0. The summed E-state index contributed by atoms with van der Waals surface area (Å²) in [4.78, 5) is 6.95. The highest BCUT2D eigenvalue weighted by Crippen LogP contribution is 2.60. The predicted molar refractivity (Wildman–Crippen MR) is 71.1 cm³/mol. The number of aromatic nitrogens is 1. The third kappa shape index (κ3) is 1.84. The van der Waals surface area contributed by atoms with Crippen LogP contribution in [0.2, 0.25) is 0 Å². The first-order chi connectivity index (χ1) is 7.97. The van der Waals surface area contributed by atoms with Gasteiger partial charge < -0.3 is 4.90 Å². The van der Waals surface area contributed by atoms with Crippen molar-refractivity contribution in [3.63, 3.8) is 0 Å². The lowest BCUT2D eigenvalue weighted by molar-refractivity contribution is 0.309. The lowest BCUT2D eigenvalue weighted by Gasteiger charge is -2.26. The van der Waals surface area contributed by atoms with E-state index in [0.717, 1.165) is 17.8 Å². The fraction of sp³-hybridized carbons (Fsp3) is 0.667. The minimum absolute atomic E-state index is 0.488. The number of pyridine rings is 1. The molecule has 2 fully saturated rings. The highest BCUT2D eigenvalue weighted by Gasteiger charge is 2.59. The Morgan fingerprint density at radius 1 is 1.24 bits per heavy atom. The molecule has 1 aliphatic heterocycles. The number of hydrogen-bond acceptors (Lipinski definition) is 2. The third-order valence-corrected chi connectivity index (χ3v) is 4.42. The summed E-state index contributed by atoms with van der Waals surface area (Å²) in [5.74, 6) is 3.93. The van der Waals surface area contributed by atoms with Gasteiger partial charge in [-0.05, 0) is 47.8 Å². The van der Waals surface area contributed by atoms with Gasteiger partial charge in [0.1, 0.15) is 5.82 Å². The first-order valence-corrected chi connectivity index (χ1v) is 6.64. The number of anilines is 1. The number of rotatable bonds is 1. The molecule has 0 bridgehead atoms. The van der Waals surface area contributed by atoms with E-state index >= 15 is 0 Å². The molecule has 92 valence electrons. The maximum Gasteiger partial charge on any atom is 0.128 e. The zero-order valence-electron chi connectivity index (χ0n) is 11.3. The van der Waals surface area contributed by atoms with Crippen LogP contribution in [-0.4, -0.2) is 18.1 Å². The molecule has 1 aromatic heterocycles. The van der Waals surface area contributed by atoms with Gasteiger partial charge in [-0.2, -0.15) is 0 Å². The van der Waals surface area contributed by atoms with Crippen molar-refractivity contribution in [2.75, 3.05) is 18.0 Å². The molecule has 2 heteroatoms. The molecule has 3 rings (SSSR count). The van der Waals surface area contributed by atoms with Gasteiger partial charge in [-0.15, -0.1) is 0 Å². The normalized spacial score (nSPS) is 31.5. The first kappa shape index (κ1) is 11.1. The minimum Gasteiger partial charge on any atom is -0.356 e. The summed E-state index contributed by atoms with van der Waals surface area (Å²) >= 11 is 0. The van der Waals surface area contributed by atoms with Crippen LogP contribution in [0.3, 0.4) is 0 Å². The van der Waals surface area contributed by atoms with E-state index in [1.165, 1.54) is 24.5 Å². The van der Waals surface area contributed by atoms with E-state index < -0.39 is 0 Å². The predicted octanol–water partition coefficient (Wildman–Crippen LogP) is 3.12. The molecule has 0 N–H and O–H groups in total. The Morgan fingerprint density at radius 3 is 2.41 bits per heavy atom. The van der Waals surface area contributed by atoms with E-state index in [9.17, 15) is 0 Å². The molecule has 1 saturated carbocycles. The van der Waals surface area contributed by atoms with E-state index in [4.69, 9.17) is 0 Å². The maximum atomic E-state index is 4.49. The van der Waals surface area contributed by atoms with E-state index in [-0.39, 0.29) is 0 Å². The first-order valence-electron chi connectivity index (χ1n) is 6.64. The quantitative estimate of drug-likeness (QED) is 0.737. The largest absolute Gasteiger partial charge is 0.356 e. The van der Waals surface area contributed by atoms with E-state index in [1.54, 1.807) is 0 Å². The SMILES string of the molecule is Cc1ccnc(N2CC3C(C2)C3C(C)(C)C)c1. The molecule has 0 spiro atoms. The maximum absolute atomic E-state index is 4.49. The second kappa shape index (κ2) is 3.47. The molecular formula is C15H22N2. The standard InChI is InChI=1S/C15H22N2/c1-10-5-6-16-13(7-10)17-8-11-12(9-17)14(11)15(2,3)4/h5-7,11-12,14H,8-9H2,1-4H3. The molecule has 1 saturated heterocycles. The number of piperidine rings is 1. The van der Waals surface area contributed by atoms with Crippen LogP contribution in [0.1, 0.15) is 26.3 Å². The van der Waals surface area contributed by atoms with E-state index in [1.807, 2.05) is 6.20 Å². The molecule has 0 radical (unpaired) electrons. The fourth-order valence-corrected chi connectivity index (χ4v) is 3.69. The van der Waals surface area contributed by atoms with Crippen LogP contribution >= 0.6 is 0 Å². The van der Waals surface area contributed by atoms with E-state index in [0.29, 0.717) is 5.41 Å². The van der Waals surface area contributed by atoms with Crippen LogP contribution in [0.4, 0.5) is 5.82 Å². The Labute approximate surface area is 104 Å². The van der Waals surface area contributed by atoms with Crippen molar-refractivity contribution >= 4 is 5.82 Å².